The Balaban J connectivity index is 1.76. The van der Waals surface area contributed by atoms with Crippen molar-refractivity contribution in [1.82, 2.24) is 9.78 Å². The number of anilines is 1. The number of nitrogens with zero attached hydrogens (tertiary/aromatic N) is 2. The number of carbonyl (C=O) groups is 1. The van der Waals surface area contributed by atoms with Crippen molar-refractivity contribution in [3.63, 3.8) is 0 Å². The molecule has 2 aromatic rings. The summed E-state index contributed by atoms with van der Waals surface area (Å²) in [6.45, 7) is 0. The van der Waals surface area contributed by atoms with Crippen LogP contribution in [0.25, 0.3) is 0 Å². The number of halogens is 1. The Labute approximate surface area is 132 Å². The van der Waals surface area contributed by atoms with E-state index in [4.69, 9.17) is 0 Å². The van der Waals surface area contributed by atoms with E-state index in [0.29, 0.717) is 11.5 Å². The van der Waals surface area contributed by atoms with Crippen molar-refractivity contribution in [3.8, 4) is 0 Å². The highest BCUT2D eigenvalue weighted by molar-refractivity contribution is 9.10. The van der Waals surface area contributed by atoms with Crippen molar-refractivity contribution < 1.29 is 4.79 Å². The average molecular weight is 348 g/mol. The molecule has 0 radical (unpaired) electrons. The Morgan fingerprint density at radius 3 is 2.81 bits per heavy atom. The molecular formula is C16H18BrN3O. The van der Waals surface area contributed by atoms with Crippen LogP contribution in [0, 0.1) is 0 Å². The molecule has 0 atom stereocenters. The van der Waals surface area contributed by atoms with Crippen LogP contribution in [0.3, 0.4) is 0 Å². The SMILES string of the molecule is Cn1nc(C2CCCC2)cc1NC(=O)c1cccc(Br)c1. The van der Waals surface area contributed by atoms with E-state index >= 15 is 0 Å². The van der Waals surface area contributed by atoms with Crippen molar-refractivity contribution in [2.45, 2.75) is 31.6 Å². The maximum atomic E-state index is 12.3. The van der Waals surface area contributed by atoms with Gasteiger partial charge in [-0.3, -0.25) is 9.48 Å². The Hall–Kier alpha value is -1.62. The number of aryl methyl sites for hydroxylation is 1. The summed E-state index contributed by atoms with van der Waals surface area (Å²) < 4.78 is 2.65. The maximum absolute atomic E-state index is 12.3. The first kappa shape index (κ1) is 14.3. The number of benzene rings is 1. The van der Waals surface area contributed by atoms with Gasteiger partial charge in [-0.05, 0) is 31.0 Å². The van der Waals surface area contributed by atoms with Gasteiger partial charge in [-0.25, -0.2) is 0 Å². The van der Waals surface area contributed by atoms with Crippen LogP contribution in [-0.4, -0.2) is 15.7 Å². The number of aromatic nitrogens is 2. The second-order valence-electron chi connectivity index (χ2n) is 5.52. The lowest BCUT2D eigenvalue weighted by atomic mass is 10.0. The van der Waals surface area contributed by atoms with Crippen LogP contribution >= 0.6 is 15.9 Å². The van der Waals surface area contributed by atoms with Crippen molar-refractivity contribution >= 4 is 27.7 Å². The lowest BCUT2D eigenvalue weighted by molar-refractivity contribution is 0.102. The number of nitrogens with one attached hydrogen (secondary N) is 1. The summed E-state index contributed by atoms with van der Waals surface area (Å²) in [5, 5.41) is 7.49. The summed E-state index contributed by atoms with van der Waals surface area (Å²) in [4.78, 5) is 12.3. The molecule has 0 aliphatic heterocycles. The van der Waals surface area contributed by atoms with Crippen LogP contribution < -0.4 is 5.32 Å². The van der Waals surface area contributed by atoms with Gasteiger partial charge in [-0.2, -0.15) is 5.10 Å². The first-order chi connectivity index (χ1) is 10.1. The Bertz CT molecular complexity index is 659. The third-order valence-corrected chi connectivity index (χ3v) is 4.49. The van der Waals surface area contributed by atoms with Gasteiger partial charge in [0.1, 0.15) is 5.82 Å². The molecule has 1 amide bonds. The van der Waals surface area contributed by atoms with E-state index in [1.807, 2.05) is 31.3 Å². The van der Waals surface area contributed by atoms with Gasteiger partial charge >= 0.3 is 0 Å². The Morgan fingerprint density at radius 2 is 2.10 bits per heavy atom. The average Bonchev–Trinajstić information content (AvgIpc) is 3.09. The zero-order chi connectivity index (χ0) is 14.8. The van der Waals surface area contributed by atoms with E-state index in [9.17, 15) is 4.79 Å². The van der Waals surface area contributed by atoms with Crippen molar-refractivity contribution in [2.75, 3.05) is 5.32 Å². The first-order valence-electron chi connectivity index (χ1n) is 7.24. The normalized spacial score (nSPS) is 15.3. The molecule has 1 fully saturated rings. The molecule has 1 saturated carbocycles. The van der Waals surface area contributed by atoms with Crippen molar-refractivity contribution in [3.05, 3.63) is 46.1 Å². The highest BCUT2D eigenvalue weighted by Crippen LogP contribution is 2.34. The third-order valence-electron chi connectivity index (χ3n) is 4.00. The predicted octanol–water partition coefficient (Wildman–Crippen LogP) is 4.09. The predicted molar refractivity (Wildman–Crippen MR) is 86.5 cm³/mol. The molecule has 21 heavy (non-hydrogen) atoms. The third kappa shape index (κ3) is 3.18. The summed E-state index contributed by atoms with van der Waals surface area (Å²) >= 11 is 3.38. The minimum atomic E-state index is -0.114. The zero-order valence-corrected chi connectivity index (χ0v) is 13.6. The van der Waals surface area contributed by atoms with Gasteiger partial charge in [0.25, 0.3) is 5.91 Å². The number of rotatable bonds is 3. The smallest absolute Gasteiger partial charge is 0.256 e. The fourth-order valence-corrected chi connectivity index (χ4v) is 3.24. The lowest BCUT2D eigenvalue weighted by Crippen LogP contribution is -2.14. The summed E-state index contributed by atoms with van der Waals surface area (Å²) in [7, 11) is 1.87. The Morgan fingerprint density at radius 1 is 1.33 bits per heavy atom. The molecule has 1 aromatic carbocycles. The Kier molecular flexibility index (Phi) is 4.10. The molecule has 1 aromatic heterocycles. The first-order valence-corrected chi connectivity index (χ1v) is 8.03. The zero-order valence-electron chi connectivity index (χ0n) is 12.0. The number of hydrogen-bond acceptors (Lipinski definition) is 2. The van der Waals surface area contributed by atoms with E-state index in [1.165, 1.54) is 25.7 Å². The number of carbonyl (C=O) groups excluding carboxylic acids is 1. The van der Waals surface area contributed by atoms with E-state index < -0.39 is 0 Å². The minimum Gasteiger partial charge on any atom is -0.307 e. The van der Waals surface area contributed by atoms with Crippen molar-refractivity contribution in [2.24, 2.45) is 7.05 Å². The van der Waals surface area contributed by atoms with Crippen LogP contribution in [-0.2, 0) is 7.05 Å². The second-order valence-corrected chi connectivity index (χ2v) is 6.44. The minimum absolute atomic E-state index is 0.114. The summed E-state index contributed by atoms with van der Waals surface area (Å²) in [5.74, 6) is 1.19. The molecule has 110 valence electrons. The van der Waals surface area contributed by atoms with Gasteiger partial charge in [0.05, 0.1) is 5.69 Å². The van der Waals surface area contributed by atoms with Gasteiger partial charge in [0.2, 0.25) is 0 Å². The molecule has 0 spiro atoms. The molecule has 0 saturated heterocycles. The van der Waals surface area contributed by atoms with Gasteiger partial charge in [0, 0.05) is 29.1 Å². The maximum Gasteiger partial charge on any atom is 0.256 e. The van der Waals surface area contributed by atoms with Crippen LogP contribution in [0.5, 0.6) is 0 Å². The standard InChI is InChI=1S/C16H18BrN3O/c1-20-15(10-14(19-20)11-5-2-3-6-11)18-16(21)12-7-4-8-13(17)9-12/h4,7-11H,2-3,5-6H2,1H3,(H,18,21). The topological polar surface area (TPSA) is 46.9 Å². The fourth-order valence-electron chi connectivity index (χ4n) is 2.85. The van der Waals surface area contributed by atoms with Gasteiger partial charge in [0.15, 0.2) is 0 Å². The fraction of sp³-hybridized carbons (Fsp3) is 0.375. The largest absolute Gasteiger partial charge is 0.307 e. The molecule has 0 unspecified atom stereocenters. The summed E-state index contributed by atoms with van der Waals surface area (Å²) in [5.41, 5.74) is 1.73. The van der Waals surface area contributed by atoms with Crippen LogP contribution in [0.15, 0.2) is 34.8 Å². The quantitative estimate of drug-likeness (QED) is 0.908. The van der Waals surface area contributed by atoms with E-state index in [-0.39, 0.29) is 5.91 Å². The molecular weight excluding hydrogens is 330 g/mol. The van der Waals surface area contributed by atoms with Gasteiger partial charge in [-0.15, -0.1) is 0 Å². The summed E-state index contributed by atoms with van der Waals surface area (Å²) in [6, 6.07) is 9.37. The molecule has 1 aliphatic carbocycles. The number of amides is 1. The molecule has 0 bridgehead atoms. The summed E-state index contributed by atoms with van der Waals surface area (Å²) in [6.07, 6.45) is 4.97. The molecule has 5 heteroatoms. The van der Waals surface area contributed by atoms with Crippen LogP contribution in [0.1, 0.15) is 47.7 Å². The van der Waals surface area contributed by atoms with Crippen molar-refractivity contribution in [1.29, 1.82) is 0 Å². The second kappa shape index (κ2) is 6.02. The number of hydrogen-bond donors (Lipinski definition) is 1. The van der Waals surface area contributed by atoms with Gasteiger partial charge < -0.3 is 5.32 Å². The van der Waals surface area contributed by atoms with Gasteiger partial charge in [-0.1, -0.05) is 34.8 Å². The van der Waals surface area contributed by atoms with E-state index in [2.05, 4.69) is 26.3 Å². The molecule has 3 rings (SSSR count). The molecule has 1 N–H and O–H groups in total. The van der Waals surface area contributed by atoms with E-state index in [0.717, 1.165) is 16.0 Å². The van der Waals surface area contributed by atoms with Crippen LogP contribution in [0.4, 0.5) is 5.82 Å². The molecule has 1 aliphatic rings. The highest BCUT2D eigenvalue weighted by atomic mass is 79.9. The van der Waals surface area contributed by atoms with Crippen LogP contribution in [0.2, 0.25) is 0 Å². The molecule has 1 heterocycles. The van der Waals surface area contributed by atoms with E-state index in [1.54, 1.807) is 10.7 Å². The highest BCUT2D eigenvalue weighted by Gasteiger charge is 2.21. The molecule has 4 nitrogen and oxygen atoms in total. The monoisotopic (exact) mass is 347 g/mol. The lowest BCUT2D eigenvalue weighted by Gasteiger charge is -2.05.